The van der Waals surface area contributed by atoms with Crippen molar-refractivity contribution in [1.29, 1.82) is 0 Å². The standard InChI is InChI=1S/C30H31FN4O4/c1-18(2)32-8-5-9-33-26-23(31)16-21-27-29(26)39-25-15-20-7-4-3-6-19(20)14-24(25)35(27)17-22(28(21)36)30(37)34-10-12-38-13-11-34/h3-4,6-7,14-18,32-33H,5,8-13H2,1-2H3. The van der Waals surface area contributed by atoms with Crippen molar-refractivity contribution in [1.82, 2.24) is 14.8 Å². The van der Waals surface area contributed by atoms with Crippen LogP contribution in [0.1, 0.15) is 30.6 Å². The van der Waals surface area contributed by atoms with Crippen LogP contribution in [0.25, 0.3) is 27.4 Å². The highest BCUT2D eigenvalue weighted by Gasteiger charge is 2.30. The molecule has 2 aliphatic heterocycles. The first-order chi connectivity index (χ1) is 18.9. The second-order valence-electron chi connectivity index (χ2n) is 10.3. The molecule has 3 aromatic carbocycles. The molecule has 1 fully saturated rings. The number of fused-ring (bicyclic) bond motifs is 3. The van der Waals surface area contributed by atoms with Crippen LogP contribution in [0.4, 0.5) is 10.1 Å². The Balaban J connectivity index is 1.52. The molecule has 0 bridgehead atoms. The highest BCUT2D eigenvalue weighted by atomic mass is 19.1. The van der Waals surface area contributed by atoms with Crippen molar-refractivity contribution in [3.05, 3.63) is 70.3 Å². The van der Waals surface area contributed by atoms with E-state index in [9.17, 15) is 9.59 Å². The van der Waals surface area contributed by atoms with Gasteiger partial charge in [0.25, 0.3) is 5.91 Å². The SMILES string of the molecule is CC(C)NCCCNc1c(F)cc2c(=O)c(C(=O)N3CCOCC3)cn3c2c1Oc1cc2ccccc2cc1-3. The summed E-state index contributed by atoms with van der Waals surface area (Å²) in [6.45, 7) is 7.07. The Hall–Kier alpha value is -3.95. The monoisotopic (exact) mass is 530 g/mol. The van der Waals surface area contributed by atoms with Crippen molar-refractivity contribution in [3.63, 3.8) is 0 Å². The number of benzene rings is 3. The van der Waals surface area contributed by atoms with E-state index in [1.807, 2.05) is 36.4 Å². The zero-order chi connectivity index (χ0) is 27.1. The minimum atomic E-state index is -0.599. The molecule has 0 aliphatic carbocycles. The van der Waals surface area contributed by atoms with Gasteiger partial charge in [0.15, 0.2) is 17.3 Å². The highest BCUT2D eigenvalue weighted by molar-refractivity contribution is 6.02. The topological polar surface area (TPSA) is 84.8 Å². The van der Waals surface area contributed by atoms with E-state index in [2.05, 4.69) is 24.5 Å². The van der Waals surface area contributed by atoms with Crippen LogP contribution >= 0.6 is 0 Å². The first-order valence-electron chi connectivity index (χ1n) is 13.4. The third-order valence-corrected chi connectivity index (χ3v) is 7.23. The molecule has 8 nitrogen and oxygen atoms in total. The molecule has 1 aromatic heterocycles. The number of carbonyl (C=O) groups excluding carboxylic acids is 1. The van der Waals surface area contributed by atoms with Gasteiger partial charge in [-0.3, -0.25) is 9.59 Å². The molecule has 6 rings (SSSR count). The van der Waals surface area contributed by atoms with Crippen LogP contribution in [0.15, 0.2) is 53.5 Å². The van der Waals surface area contributed by atoms with E-state index in [1.165, 1.54) is 6.07 Å². The van der Waals surface area contributed by atoms with Crippen molar-refractivity contribution in [3.8, 4) is 17.2 Å². The summed E-state index contributed by atoms with van der Waals surface area (Å²) in [5.74, 6) is -0.221. The van der Waals surface area contributed by atoms with E-state index in [-0.39, 0.29) is 28.3 Å². The summed E-state index contributed by atoms with van der Waals surface area (Å²) in [6, 6.07) is 13.3. The number of hydrogen-bond acceptors (Lipinski definition) is 6. The van der Waals surface area contributed by atoms with Gasteiger partial charge >= 0.3 is 0 Å². The number of carbonyl (C=O) groups is 1. The molecule has 9 heteroatoms. The molecule has 0 atom stereocenters. The molecular formula is C30H31FN4O4. The number of ether oxygens (including phenoxy) is 2. The Morgan fingerprint density at radius 1 is 1.08 bits per heavy atom. The van der Waals surface area contributed by atoms with E-state index in [0.29, 0.717) is 55.8 Å². The third-order valence-electron chi connectivity index (χ3n) is 7.23. The van der Waals surface area contributed by atoms with Crippen LogP contribution in [-0.4, -0.2) is 60.8 Å². The van der Waals surface area contributed by atoms with Gasteiger partial charge in [-0.1, -0.05) is 38.1 Å². The quantitative estimate of drug-likeness (QED) is 0.298. The summed E-state index contributed by atoms with van der Waals surface area (Å²) in [4.78, 5) is 28.8. The van der Waals surface area contributed by atoms with E-state index >= 15 is 4.39 Å². The maximum absolute atomic E-state index is 15.6. The Morgan fingerprint density at radius 3 is 2.56 bits per heavy atom. The van der Waals surface area contributed by atoms with Gasteiger partial charge in [-0.15, -0.1) is 0 Å². The second-order valence-corrected chi connectivity index (χ2v) is 10.3. The number of nitrogens with zero attached hydrogens (tertiary/aromatic N) is 2. The molecule has 3 heterocycles. The van der Waals surface area contributed by atoms with E-state index < -0.39 is 11.2 Å². The molecule has 39 heavy (non-hydrogen) atoms. The molecular weight excluding hydrogens is 499 g/mol. The van der Waals surface area contributed by atoms with Crippen LogP contribution in [0.2, 0.25) is 0 Å². The number of morpholine rings is 1. The molecule has 0 unspecified atom stereocenters. The maximum Gasteiger partial charge on any atom is 0.259 e. The van der Waals surface area contributed by atoms with Crippen molar-refractivity contribution in [2.45, 2.75) is 26.3 Å². The number of amides is 1. The number of aromatic nitrogens is 1. The van der Waals surface area contributed by atoms with Crippen LogP contribution in [0.3, 0.4) is 0 Å². The predicted molar refractivity (Wildman–Crippen MR) is 150 cm³/mol. The summed E-state index contributed by atoms with van der Waals surface area (Å²) in [6.07, 6.45) is 2.35. The predicted octanol–water partition coefficient (Wildman–Crippen LogP) is 4.66. The van der Waals surface area contributed by atoms with Crippen molar-refractivity contribution >= 4 is 33.3 Å². The third kappa shape index (κ3) is 4.62. The molecule has 1 amide bonds. The minimum absolute atomic E-state index is 0.00349. The van der Waals surface area contributed by atoms with Crippen molar-refractivity contribution < 1.29 is 18.7 Å². The molecule has 0 radical (unpaired) electrons. The average molecular weight is 531 g/mol. The smallest absolute Gasteiger partial charge is 0.259 e. The van der Waals surface area contributed by atoms with Crippen LogP contribution < -0.4 is 20.8 Å². The van der Waals surface area contributed by atoms with Gasteiger partial charge in [0, 0.05) is 31.9 Å². The van der Waals surface area contributed by atoms with Crippen molar-refractivity contribution in [2.24, 2.45) is 0 Å². The number of anilines is 1. The lowest BCUT2D eigenvalue weighted by Gasteiger charge is -2.29. The molecule has 2 N–H and O–H groups in total. The molecule has 0 spiro atoms. The largest absolute Gasteiger partial charge is 0.451 e. The summed E-state index contributed by atoms with van der Waals surface area (Å²) >= 11 is 0. The first-order valence-corrected chi connectivity index (χ1v) is 13.4. The lowest BCUT2D eigenvalue weighted by molar-refractivity contribution is 0.0302. The number of nitrogens with one attached hydrogen (secondary N) is 2. The maximum atomic E-state index is 15.6. The number of rotatable bonds is 7. The summed E-state index contributed by atoms with van der Waals surface area (Å²) < 4.78 is 29.2. The minimum Gasteiger partial charge on any atom is -0.451 e. The van der Waals surface area contributed by atoms with Crippen molar-refractivity contribution in [2.75, 3.05) is 44.7 Å². The summed E-state index contributed by atoms with van der Waals surface area (Å²) in [5, 5.41) is 8.59. The number of halogens is 1. The normalized spacial score (nSPS) is 14.5. The van der Waals surface area contributed by atoms with E-state index in [4.69, 9.17) is 9.47 Å². The Kier molecular flexibility index (Phi) is 6.70. The van der Waals surface area contributed by atoms with Gasteiger partial charge in [-0.25, -0.2) is 4.39 Å². The Bertz CT molecular complexity index is 1640. The summed E-state index contributed by atoms with van der Waals surface area (Å²) in [7, 11) is 0. The van der Waals surface area contributed by atoms with Gasteiger partial charge in [0.1, 0.15) is 16.8 Å². The fourth-order valence-electron chi connectivity index (χ4n) is 5.25. The van der Waals surface area contributed by atoms with E-state index in [0.717, 1.165) is 23.7 Å². The lowest BCUT2D eigenvalue weighted by atomic mass is 10.0. The zero-order valence-electron chi connectivity index (χ0n) is 22.1. The van der Waals surface area contributed by atoms with Gasteiger partial charge < -0.3 is 29.6 Å². The van der Waals surface area contributed by atoms with Gasteiger partial charge in [0.2, 0.25) is 5.43 Å². The van der Waals surface area contributed by atoms with Crippen LogP contribution in [0, 0.1) is 5.82 Å². The molecule has 0 saturated carbocycles. The number of pyridine rings is 1. The van der Waals surface area contributed by atoms with Gasteiger partial charge in [-0.05, 0) is 41.9 Å². The number of hydrogen-bond donors (Lipinski definition) is 2. The lowest BCUT2D eigenvalue weighted by Crippen LogP contribution is -2.42. The molecule has 202 valence electrons. The molecule has 4 aromatic rings. The van der Waals surface area contributed by atoms with Gasteiger partial charge in [-0.2, -0.15) is 0 Å². The molecule has 2 aliphatic rings. The first kappa shape index (κ1) is 25.3. The van der Waals surface area contributed by atoms with Gasteiger partial charge in [0.05, 0.1) is 24.3 Å². The second kappa shape index (κ2) is 10.3. The van der Waals surface area contributed by atoms with Crippen LogP contribution in [-0.2, 0) is 4.74 Å². The van der Waals surface area contributed by atoms with E-state index in [1.54, 1.807) is 15.7 Å². The summed E-state index contributed by atoms with van der Waals surface area (Å²) in [5.41, 5.74) is 0.798. The fourth-order valence-corrected chi connectivity index (χ4v) is 5.25. The highest BCUT2D eigenvalue weighted by Crippen LogP contribution is 2.46. The Morgan fingerprint density at radius 2 is 1.82 bits per heavy atom. The zero-order valence-corrected chi connectivity index (χ0v) is 22.1. The fraction of sp³-hybridized carbons (Fsp3) is 0.333. The Labute approximate surface area is 225 Å². The molecule has 1 saturated heterocycles. The average Bonchev–Trinajstić information content (AvgIpc) is 2.94. The van der Waals surface area contributed by atoms with Crippen LogP contribution in [0.5, 0.6) is 11.5 Å².